The maximum Gasteiger partial charge on any atom is 0.0947 e. The first-order valence-electron chi connectivity index (χ1n) is 6.80. The van der Waals surface area contributed by atoms with E-state index < -0.39 is 0 Å². The van der Waals surface area contributed by atoms with E-state index in [0.29, 0.717) is 12.1 Å². The third-order valence-electron chi connectivity index (χ3n) is 3.52. The second-order valence-corrected chi connectivity index (χ2v) is 5.16. The molecule has 2 unspecified atom stereocenters. The highest BCUT2D eigenvalue weighted by Crippen LogP contribution is 2.15. The van der Waals surface area contributed by atoms with Crippen molar-refractivity contribution in [3.05, 3.63) is 24.2 Å². The summed E-state index contributed by atoms with van der Waals surface area (Å²) in [6, 6.07) is 2.47. The molecule has 1 saturated heterocycles. The monoisotopic (exact) mass is 252 g/mol. The molecule has 2 atom stereocenters. The zero-order valence-electron chi connectivity index (χ0n) is 11.4. The minimum Gasteiger partial charge on any atom is -0.472 e. The van der Waals surface area contributed by atoms with Gasteiger partial charge in [0.25, 0.3) is 0 Å². The standard InChI is InChI=1S/C14H24N2O2/c1-12(14-4-3-8-18-14)15-6-7-16(2)10-13-5-9-17-11-13/h5,9,11-12,14-15H,3-4,6-8,10H2,1-2H3. The summed E-state index contributed by atoms with van der Waals surface area (Å²) in [7, 11) is 2.13. The molecule has 2 rings (SSSR count). The van der Waals surface area contributed by atoms with E-state index in [4.69, 9.17) is 9.15 Å². The minimum atomic E-state index is 0.407. The summed E-state index contributed by atoms with van der Waals surface area (Å²) in [5, 5.41) is 3.54. The lowest BCUT2D eigenvalue weighted by Gasteiger charge is -2.22. The van der Waals surface area contributed by atoms with Crippen molar-refractivity contribution < 1.29 is 9.15 Å². The van der Waals surface area contributed by atoms with Gasteiger partial charge in [-0.2, -0.15) is 0 Å². The molecule has 1 aromatic heterocycles. The first-order valence-corrected chi connectivity index (χ1v) is 6.80. The minimum absolute atomic E-state index is 0.407. The van der Waals surface area contributed by atoms with E-state index in [9.17, 15) is 0 Å². The van der Waals surface area contributed by atoms with Gasteiger partial charge >= 0.3 is 0 Å². The molecular weight excluding hydrogens is 228 g/mol. The van der Waals surface area contributed by atoms with Crippen molar-refractivity contribution in [2.75, 3.05) is 26.7 Å². The molecule has 0 spiro atoms. The van der Waals surface area contributed by atoms with Gasteiger partial charge in [0.05, 0.1) is 18.6 Å². The Morgan fingerprint density at radius 3 is 3.11 bits per heavy atom. The van der Waals surface area contributed by atoms with Gasteiger partial charge in [0, 0.05) is 37.8 Å². The molecule has 0 aromatic carbocycles. The van der Waals surface area contributed by atoms with Gasteiger partial charge in [-0.15, -0.1) is 0 Å². The molecule has 4 heteroatoms. The van der Waals surface area contributed by atoms with Crippen LogP contribution in [0.5, 0.6) is 0 Å². The first kappa shape index (κ1) is 13.6. The molecule has 0 radical (unpaired) electrons. The zero-order valence-corrected chi connectivity index (χ0v) is 11.4. The van der Waals surface area contributed by atoms with E-state index >= 15 is 0 Å². The summed E-state index contributed by atoms with van der Waals surface area (Å²) < 4.78 is 10.7. The topological polar surface area (TPSA) is 37.6 Å². The molecule has 1 fully saturated rings. The Hall–Kier alpha value is -0.840. The van der Waals surface area contributed by atoms with Gasteiger partial charge in [-0.3, -0.25) is 0 Å². The molecule has 0 saturated carbocycles. The lowest BCUT2D eigenvalue weighted by atomic mass is 10.1. The fraction of sp³-hybridized carbons (Fsp3) is 0.714. The summed E-state index contributed by atoms with van der Waals surface area (Å²) >= 11 is 0. The van der Waals surface area contributed by atoms with Gasteiger partial charge in [0.2, 0.25) is 0 Å². The summed E-state index contributed by atoms with van der Waals surface area (Å²) in [4.78, 5) is 2.29. The maximum atomic E-state index is 5.67. The van der Waals surface area contributed by atoms with Crippen LogP contribution >= 0.6 is 0 Å². The van der Waals surface area contributed by atoms with Crippen LogP contribution in [0, 0.1) is 0 Å². The van der Waals surface area contributed by atoms with Crippen LogP contribution in [-0.4, -0.2) is 43.8 Å². The molecule has 0 amide bonds. The maximum absolute atomic E-state index is 5.67. The van der Waals surface area contributed by atoms with Crippen molar-refractivity contribution in [2.45, 2.75) is 38.5 Å². The number of ether oxygens (including phenoxy) is 1. The van der Waals surface area contributed by atoms with Crippen molar-refractivity contribution in [1.29, 1.82) is 0 Å². The number of hydrogen-bond donors (Lipinski definition) is 1. The Kier molecular flexibility index (Phi) is 5.23. The molecule has 2 heterocycles. The van der Waals surface area contributed by atoms with E-state index in [2.05, 4.69) is 24.2 Å². The SMILES string of the molecule is CC(NCCN(C)Cc1ccoc1)C1CCCO1. The van der Waals surface area contributed by atoms with Crippen LogP contribution in [0.25, 0.3) is 0 Å². The molecule has 1 aliphatic heterocycles. The predicted molar refractivity (Wildman–Crippen MR) is 71.5 cm³/mol. The first-order chi connectivity index (χ1) is 8.75. The van der Waals surface area contributed by atoms with E-state index in [0.717, 1.165) is 26.2 Å². The summed E-state index contributed by atoms with van der Waals surface area (Å²) in [5.74, 6) is 0. The van der Waals surface area contributed by atoms with Crippen LogP contribution in [0.2, 0.25) is 0 Å². The van der Waals surface area contributed by atoms with Crippen molar-refractivity contribution in [1.82, 2.24) is 10.2 Å². The third-order valence-corrected chi connectivity index (χ3v) is 3.52. The van der Waals surface area contributed by atoms with Crippen LogP contribution in [0.3, 0.4) is 0 Å². The number of hydrogen-bond acceptors (Lipinski definition) is 4. The second kappa shape index (κ2) is 6.92. The van der Waals surface area contributed by atoms with Crippen molar-refractivity contribution in [3.8, 4) is 0 Å². The van der Waals surface area contributed by atoms with Crippen LogP contribution in [0.1, 0.15) is 25.3 Å². The molecule has 0 aliphatic carbocycles. The average molecular weight is 252 g/mol. The number of rotatable bonds is 7. The Morgan fingerprint density at radius 2 is 2.44 bits per heavy atom. The highest BCUT2D eigenvalue weighted by atomic mass is 16.5. The Balaban J connectivity index is 1.59. The molecule has 1 N–H and O–H groups in total. The number of furan rings is 1. The molecule has 0 bridgehead atoms. The quantitative estimate of drug-likeness (QED) is 0.804. The van der Waals surface area contributed by atoms with Gasteiger partial charge in [0.15, 0.2) is 0 Å². The fourth-order valence-electron chi connectivity index (χ4n) is 2.38. The van der Waals surface area contributed by atoms with Gasteiger partial charge in [-0.1, -0.05) is 0 Å². The molecule has 102 valence electrons. The Morgan fingerprint density at radius 1 is 1.56 bits per heavy atom. The number of likely N-dealkylation sites (N-methyl/N-ethyl adjacent to an activating group) is 1. The van der Waals surface area contributed by atoms with Crippen molar-refractivity contribution >= 4 is 0 Å². The van der Waals surface area contributed by atoms with E-state index in [-0.39, 0.29) is 0 Å². The normalized spacial score (nSPS) is 21.6. The van der Waals surface area contributed by atoms with Gasteiger partial charge in [-0.05, 0) is 32.9 Å². The fourth-order valence-corrected chi connectivity index (χ4v) is 2.38. The van der Waals surface area contributed by atoms with Crippen molar-refractivity contribution in [3.63, 3.8) is 0 Å². The van der Waals surface area contributed by atoms with Gasteiger partial charge < -0.3 is 19.4 Å². The molecular formula is C14H24N2O2. The highest BCUT2D eigenvalue weighted by molar-refractivity contribution is 5.04. The number of nitrogens with one attached hydrogen (secondary N) is 1. The molecule has 1 aliphatic rings. The highest BCUT2D eigenvalue weighted by Gasteiger charge is 2.21. The van der Waals surface area contributed by atoms with E-state index in [1.54, 1.807) is 12.5 Å². The van der Waals surface area contributed by atoms with Crippen LogP contribution in [0.15, 0.2) is 23.0 Å². The Bertz CT molecular complexity index is 321. The van der Waals surface area contributed by atoms with Crippen LogP contribution < -0.4 is 5.32 Å². The van der Waals surface area contributed by atoms with Crippen LogP contribution in [-0.2, 0) is 11.3 Å². The molecule has 18 heavy (non-hydrogen) atoms. The van der Waals surface area contributed by atoms with Gasteiger partial charge in [0.1, 0.15) is 0 Å². The lowest BCUT2D eigenvalue weighted by Crippen LogP contribution is -2.40. The summed E-state index contributed by atoms with van der Waals surface area (Å²) in [6.07, 6.45) is 6.33. The average Bonchev–Trinajstić information content (AvgIpc) is 3.00. The number of nitrogens with zero attached hydrogens (tertiary/aromatic N) is 1. The zero-order chi connectivity index (χ0) is 12.8. The Labute approximate surface area is 109 Å². The van der Waals surface area contributed by atoms with Crippen LogP contribution in [0.4, 0.5) is 0 Å². The molecule has 1 aromatic rings. The summed E-state index contributed by atoms with van der Waals surface area (Å²) in [5.41, 5.74) is 1.23. The predicted octanol–water partition coefficient (Wildman–Crippen LogP) is 1.87. The second-order valence-electron chi connectivity index (χ2n) is 5.16. The molecule has 4 nitrogen and oxygen atoms in total. The van der Waals surface area contributed by atoms with E-state index in [1.165, 1.54) is 18.4 Å². The lowest BCUT2D eigenvalue weighted by molar-refractivity contribution is 0.0829. The van der Waals surface area contributed by atoms with Gasteiger partial charge in [-0.25, -0.2) is 0 Å². The summed E-state index contributed by atoms with van der Waals surface area (Å²) in [6.45, 7) is 6.10. The largest absolute Gasteiger partial charge is 0.472 e. The smallest absolute Gasteiger partial charge is 0.0947 e. The third kappa shape index (κ3) is 4.12. The van der Waals surface area contributed by atoms with Crippen molar-refractivity contribution in [2.24, 2.45) is 0 Å². The van der Waals surface area contributed by atoms with E-state index in [1.807, 2.05) is 6.07 Å².